The lowest BCUT2D eigenvalue weighted by Crippen LogP contribution is -2.13. The first-order valence-electron chi connectivity index (χ1n) is 6.48. The van der Waals surface area contributed by atoms with Gasteiger partial charge in [0.2, 0.25) is 0 Å². The van der Waals surface area contributed by atoms with Gasteiger partial charge in [-0.05, 0) is 19.1 Å². The third-order valence-electron chi connectivity index (χ3n) is 3.14. The molecule has 0 aliphatic heterocycles. The molecule has 0 aliphatic carbocycles. The Hall–Kier alpha value is -2.13. The molecule has 0 amide bonds. The van der Waals surface area contributed by atoms with Crippen molar-refractivity contribution in [3.8, 4) is 0 Å². The molecule has 0 saturated carbocycles. The van der Waals surface area contributed by atoms with E-state index < -0.39 is 0 Å². The molecule has 96 valence electrons. The summed E-state index contributed by atoms with van der Waals surface area (Å²) in [5.74, 6) is 0. The van der Waals surface area contributed by atoms with Gasteiger partial charge in [0.15, 0.2) is 6.23 Å². The van der Waals surface area contributed by atoms with Gasteiger partial charge < -0.3 is 4.74 Å². The second-order valence-electron chi connectivity index (χ2n) is 4.36. The van der Waals surface area contributed by atoms with E-state index >= 15 is 0 Å². The van der Waals surface area contributed by atoms with E-state index in [0.29, 0.717) is 6.61 Å². The number of nitrogens with zero attached hydrogens (tertiary/aromatic N) is 2. The SMILES string of the molecule is CCOC(c1ccccc1)n1cnc2ccccc21. The van der Waals surface area contributed by atoms with Crippen LogP contribution >= 0.6 is 0 Å². The van der Waals surface area contributed by atoms with Crippen molar-refractivity contribution in [3.05, 3.63) is 66.5 Å². The first kappa shape index (κ1) is 11.9. The zero-order chi connectivity index (χ0) is 13.1. The van der Waals surface area contributed by atoms with E-state index in [1.807, 2.05) is 49.6 Å². The van der Waals surface area contributed by atoms with Gasteiger partial charge >= 0.3 is 0 Å². The van der Waals surface area contributed by atoms with Gasteiger partial charge in [-0.3, -0.25) is 4.57 Å². The lowest BCUT2D eigenvalue weighted by molar-refractivity contribution is 0.0438. The van der Waals surface area contributed by atoms with Crippen LogP contribution in [-0.2, 0) is 4.74 Å². The Balaban J connectivity index is 2.10. The summed E-state index contributed by atoms with van der Waals surface area (Å²) in [6, 6.07) is 18.3. The number of fused-ring (bicyclic) bond motifs is 1. The van der Waals surface area contributed by atoms with Crippen LogP contribution in [0.1, 0.15) is 18.7 Å². The Labute approximate surface area is 112 Å². The molecule has 1 unspecified atom stereocenters. The molecule has 0 saturated heterocycles. The Morgan fingerprint density at radius 3 is 2.58 bits per heavy atom. The van der Waals surface area contributed by atoms with E-state index in [9.17, 15) is 0 Å². The zero-order valence-electron chi connectivity index (χ0n) is 10.9. The number of hydrogen-bond acceptors (Lipinski definition) is 2. The standard InChI is InChI=1S/C16H16N2O/c1-2-19-16(13-8-4-3-5-9-13)18-12-17-14-10-6-7-11-15(14)18/h3-12,16H,2H2,1H3. The summed E-state index contributed by atoms with van der Waals surface area (Å²) in [4.78, 5) is 4.43. The molecule has 0 fully saturated rings. The quantitative estimate of drug-likeness (QED) is 0.709. The lowest BCUT2D eigenvalue weighted by atomic mass is 10.2. The second kappa shape index (κ2) is 5.24. The molecule has 0 aliphatic rings. The fourth-order valence-electron chi connectivity index (χ4n) is 2.28. The number of aromatic nitrogens is 2. The molecule has 0 spiro atoms. The van der Waals surface area contributed by atoms with Crippen LogP contribution in [0.2, 0.25) is 0 Å². The van der Waals surface area contributed by atoms with Gasteiger partial charge in [-0.1, -0.05) is 42.5 Å². The highest BCUT2D eigenvalue weighted by molar-refractivity contribution is 5.75. The van der Waals surface area contributed by atoms with Crippen LogP contribution in [0.15, 0.2) is 60.9 Å². The summed E-state index contributed by atoms with van der Waals surface area (Å²) in [5.41, 5.74) is 3.21. The highest BCUT2D eigenvalue weighted by Gasteiger charge is 2.15. The van der Waals surface area contributed by atoms with Gasteiger partial charge in [-0.15, -0.1) is 0 Å². The summed E-state index contributed by atoms with van der Waals surface area (Å²) in [6.07, 6.45) is 1.72. The lowest BCUT2D eigenvalue weighted by Gasteiger charge is -2.19. The monoisotopic (exact) mass is 252 g/mol. The van der Waals surface area contributed by atoms with Crippen molar-refractivity contribution in [1.29, 1.82) is 0 Å². The minimum atomic E-state index is -0.126. The van der Waals surface area contributed by atoms with Crippen LogP contribution < -0.4 is 0 Å². The van der Waals surface area contributed by atoms with E-state index in [0.717, 1.165) is 16.6 Å². The largest absolute Gasteiger partial charge is 0.354 e. The van der Waals surface area contributed by atoms with Crippen molar-refractivity contribution in [2.75, 3.05) is 6.61 Å². The van der Waals surface area contributed by atoms with E-state index in [4.69, 9.17) is 4.74 Å². The van der Waals surface area contributed by atoms with Gasteiger partial charge in [0.25, 0.3) is 0 Å². The van der Waals surface area contributed by atoms with Crippen molar-refractivity contribution in [2.45, 2.75) is 13.2 Å². The van der Waals surface area contributed by atoms with Crippen molar-refractivity contribution < 1.29 is 4.74 Å². The first-order valence-corrected chi connectivity index (χ1v) is 6.48. The molecule has 3 nitrogen and oxygen atoms in total. The van der Waals surface area contributed by atoms with Crippen LogP contribution in [0, 0.1) is 0 Å². The van der Waals surface area contributed by atoms with Gasteiger partial charge in [0.05, 0.1) is 17.4 Å². The summed E-state index contributed by atoms with van der Waals surface area (Å²) in [5, 5.41) is 0. The maximum Gasteiger partial charge on any atom is 0.161 e. The third kappa shape index (κ3) is 2.25. The maximum atomic E-state index is 5.90. The smallest absolute Gasteiger partial charge is 0.161 e. The van der Waals surface area contributed by atoms with E-state index in [-0.39, 0.29) is 6.23 Å². The predicted molar refractivity (Wildman–Crippen MR) is 75.9 cm³/mol. The van der Waals surface area contributed by atoms with Crippen LogP contribution in [0.5, 0.6) is 0 Å². The maximum absolute atomic E-state index is 5.90. The van der Waals surface area contributed by atoms with E-state index in [1.165, 1.54) is 0 Å². The van der Waals surface area contributed by atoms with Crippen molar-refractivity contribution >= 4 is 11.0 Å². The van der Waals surface area contributed by atoms with Gasteiger partial charge in [-0.25, -0.2) is 4.98 Å². The summed E-state index contributed by atoms with van der Waals surface area (Å²) >= 11 is 0. The summed E-state index contributed by atoms with van der Waals surface area (Å²) in [7, 11) is 0. The fraction of sp³-hybridized carbons (Fsp3) is 0.188. The zero-order valence-corrected chi connectivity index (χ0v) is 10.9. The highest BCUT2D eigenvalue weighted by atomic mass is 16.5. The topological polar surface area (TPSA) is 27.1 Å². The molecule has 3 aromatic rings. The Morgan fingerprint density at radius 2 is 1.79 bits per heavy atom. The molecule has 3 rings (SSSR count). The number of benzene rings is 2. The van der Waals surface area contributed by atoms with Gasteiger partial charge in [0.1, 0.15) is 0 Å². The number of ether oxygens (including phenoxy) is 1. The molecular formula is C16H16N2O. The van der Waals surface area contributed by atoms with Gasteiger partial charge in [0, 0.05) is 12.2 Å². The third-order valence-corrected chi connectivity index (χ3v) is 3.14. The van der Waals surface area contributed by atoms with Crippen molar-refractivity contribution in [3.63, 3.8) is 0 Å². The highest BCUT2D eigenvalue weighted by Crippen LogP contribution is 2.24. The molecule has 0 N–H and O–H groups in total. The number of para-hydroxylation sites is 2. The molecule has 1 heterocycles. The second-order valence-corrected chi connectivity index (χ2v) is 4.36. The summed E-state index contributed by atoms with van der Waals surface area (Å²) < 4.78 is 7.98. The van der Waals surface area contributed by atoms with Crippen LogP contribution in [0.3, 0.4) is 0 Å². The molecule has 1 aromatic heterocycles. The Bertz CT molecular complexity index is 661. The van der Waals surface area contributed by atoms with Crippen LogP contribution in [0.25, 0.3) is 11.0 Å². The van der Waals surface area contributed by atoms with Crippen molar-refractivity contribution in [2.24, 2.45) is 0 Å². The van der Waals surface area contributed by atoms with Crippen LogP contribution in [-0.4, -0.2) is 16.2 Å². The van der Waals surface area contributed by atoms with Gasteiger partial charge in [-0.2, -0.15) is 0 Å². The number of rotatable bonds is 4. The molecular weight excluding hydrogens is 236 g/mol. The Morgan fingerprint density at radius 1 is 1.05 bits per heavy atom. The predicted octanol–water partition coefficient (Wildman–Crippen LogP) is 3.62. The van der Waals surface area contributed by atoms with E-state index in [1.54, 1.807) is 0 Å². The normalized spacial score (nSPS) is 12.7. The average Bonchev–Trinajstić information content (AvgIpc) is 2.89. The minimum absolute atomic E-state index is 0.126. The van der Waals surface area contributed by atoms with E-state index in [2.05, 4.69) is 27.8 Å². The molecule has 0 bridgehead atoms. The summed E-state index contributed by atoms with van der Waals surface area (Å²) in [6.45, 7) is 2.67. The molecule has 1 atom stereocenters. The van der Waals surface area contributed by atoms with Crippen molar-refractivity contribution in [1.82, 2.24) is 9.55 Å². The molecule has 0 radical (unpaired) electrons. The average molecular weight is 252 g/mol. The Kier molecular flexibility index (Phi) is 3.29. The van der Waals surface area contributed by atoms with Crippen LogP contribution in [0.4, 0.5) is 0 Å². The minimum Gasteiger partial charge on any atom is -0.354 e. The molecule has 2 aromatic carbocycles. The molecule has 19 heavy (non-hydrogen) atoms. The number of imidazole rings is 1. The number of hydrogen-bond donors (Lipinski definition) is 0. The fourth-order valence-corrected chi connectivity index (χ4v) is 2.28. The first-order chi connectivity index (χ1) is 9.40. The molecule has 3 heteroatoms.